The highest BCUT2D eigenvalue weighted by Crippen LogP contribution is 2.25. The van der Waals surface area contributed by atoms with Crippen LogP contribution in [0.5, 0.6) is 11.5 Å². The van der Waals surface area contributed by atoms with Crippen molar-refractivity contribution in [3.63, 3.8) is 0 Å². The first-order chi connectivity index (χ1) is 7.63. The van der Waals surface area contributed by atoms with E-state index in [4.69, 9.17) is 4.74 Å². The first-order valence-corrected chi connectivity index (χ1v) is 5.72. The summed E-state index contributed by atoms with van der Waals surface area (Å²) in [5.41, 5.74) is 0.956. The molecule has 0 aliphatic heterocycles. The van der Waals surface area contributed by atoms with Crippen LogP contribution in [0, 0.1) is 5.92 Å². The third kappa shape index (κ3) is 4.11. The minimum Gasteiger partial charge on any atom is -0.508 e. The molecule has 0 bridgehead atoms. The number of phenols is 1. The summed E-state index contributed by atoms with van der Waals surface area (Å²) in [5, 5.41) is 12.7. The van der Waals surface area contributed by atoms with Gasteiger partial charge < -0.3 is 15.2 Å². The van der Waals surface area contributed by atoms with Crippen LogP contribution < -0.4 is 10.1 Å². The lowest BCUT2D eigenvalue weighted by molar-refractivity contribution is 0.317. The van der Waals surface area contributed by atoms with Crippen LogP contribution in [0.2, 0.25) is 0 Å². The van der Waals surface area contributed by atoms with E-state index in [1.165, 1.54) is 0 Å². The van der Waals surface area contributed by atoms with E-state index in [-0.39, 0.29) is 0 Å². The molecule has 0 aromatic heterocycles. The van der Waals surface area contributed by atoms with E-state index in [9.17, 15) is 5.11 Å². The Morgan fingerprint density at radius 3 is 2.75 bits per heavy atom. The van der Waals surface area contributed by atoms with Crippen LogP contribution in [-0.2, 0) is 6.42 Å². The molecule has 0 aliphatic rings. The predicted molar refractivity (Wildman–Crippen MR) is 66.1 cm³/mol. The standard InChI is InChI=1S/C13H21NO2/c1-10(2)8-11-9-12(4-5-13(11)15)16-7-6-14-3/h4-5,9-10,14-15H,6-8H2,1-3H3. The summed E-state index contributed by atoms with van der Waals surface area (Å²) in [6.45, 7) is 5.73. The molecule has 90 valence electrons. The lowest BCUT2D eigenvalue weighted by Crippen LogP contribution is -2.16. The molecule has 0 heterocycles. The quantitative estimate of drug-likeness (QED) is 0.726. The van der Waals surface area contributed by atoms with Gasteiger partial charge in [-0.15, -0.1) is 0 Å². The summed E-state index contributed by atoms with van der Waals surface area (Å²) < 4.78 is 5.55. The van der Waals surface area contributed by atoms with Crippen molar-refractivity contribution in [2.75, 3.05) is 20.2 Å². The average Bonchev–Trinajstić information content (AvgIpc) is 2.22. The number of rotatable bonds is 6. The molecule has 0 atom stereocenters. The Morgan fingerprint density at radius 1 is 1.38 bits per heavy atom. The maximum Gasteiger partial charge on any atom is 0.119 e. The topological polar surface area (TPSA) is 41.5 Å². The van der Waals surface area contributed by atoms with Crippen LogP contribution in [-0.4, -0.2) is 25.3 Å². The fourth-order valence-electron chi connectivity index (χ4n) is 1.53. The number of nitrogens with one attached hydrogen (secondary N) is 1. The van der Waals surface area contributed by atoms with E-state index in [0.29, 0.717) is 18.3 Å². The Bertz CT molecular complexity index is 324. The summed E-state index contributed by atoms with van der Waals surface area (Å²) in [6, 6.07) is 5.42. The zero-order valence-electron chi connectivity index (χ0n) is 10.3. The van der Waals surface area contributed by atoms with Crippen molar-refractivity contribution in [3.8, 4) is 11.5 Å². The maximum absolute atomic E-state index is 9.69. The van der Waals surface area contributed by atoms with Crippen molar-refractivity contribution >= 4 is 0 Å². The van der Waals surface area contributed by atoms with Crippen molar-refractivity contribution in [1.29, 1.82) is 0 Å². The Morgan fingerprint density at radius 2 is 2.12 bits per heavy atom. The van der Waals surface area contributed by atoms with Gasteiger partial charge in [-0.05, 0) is 43.1 Å². The van der Waals surface area contributed by atoms with Crippen LogP contribution in [0.25, 0.3) is 0 Å². The number of hydrogen-bond acceptors (Lipinski definition) is 3. The van der Waals surface area contributed by atoms with Gasteiger partial charge >= 0.3 is 0 Å². The van der Waals surface area contributed by atoms with Crippen molar-refractivity contribution in [1.82, 2.24) is 5.32 Å². The molecule has 1 aromatic rings. The van der Waals surface area contributed by atoms with Crippen LogP contribution in [0.1, 0.15) is 19.4 Å². The predicted octanol–water partition coefficient (Wildman–Crippen LogP) is 2.19. The Kier molecular flexibility index (Phi) is 5.12. The first kappa shape index (κ1) is 12.8. The molecule has 0 aliphatic carbocycles. The van der Waals surface area contributed by atoms with Crippen molar-refractivity contribution in [3.05, 3.63) is 23.8 Å². The molecule has 0 amide bonds. The number of aromatic hydroxyl groups is 1. The molecule has 0 spiro atoms. The van der Waals surface area contributed by atoms with Crippen LogP contribution in [0.15, 0.2) is 18.2 Å². The van der Waals surface area contributed by atoms with Crippen molar-refractivity contribution < 1.29 is 9.84 Å². The largest absolute Gasteiger partial charge is 0.508 e. The van der Waals surface area contributed by atoms with E-state index in [0.717, 1.165) is 24.3 Å². The fraction of sp³-hybridized carbons (Fsp3) is 0.538. The second-order valence-electron chi connectivity index (χ2n) is 4.34. The molecule has 16 heavy (non-hydrogen) atoms. The second kappa shape index (κ2) is 6.38. The highest BCUT2D eigenvalue weighted by atomic mass is 16.5. The highest BCUT2D eigenvalue weighted by molar-refractivity contribution is 5.39. The third-order valence-electron chi connectivity index (χ3n) is 2.30. The molecular formula is C13H21NO2. The van der Waals surface area contributed by atoms with Gasteiger partial charge in [0.2, 0.25) is 0 Å². The molecule has 0 fully saturated rings. The Balaban J connectivity index is 2.65. The molecule has 1 rings (SSSR count). The van der Waals surface area contributed by atoms with Crippen LogP contribution >= 0.6 is 0 Å². The number of hydrogen-bond donors (Lipinski definition) is 2. The minimum absolute atomic E-state index is 0.356. The maximum atomic E-state index is 9.69. The zero-order valence-corrected chi connectivity index (χ0v) is 10.3. The third-order valence-corrected chi connectivity index (χ3v) is 2.30. The molecule has 3 heteroatoms. The highest BCUT2D eigenvalue weighted by Gasteiger charge is 2.05. The molecule has 0 saturated heterocycles. The molecule has 0 saturated carbocycles. The van der Waals surface area contributed by atoms with Gasteiger partial charge in [-0.2, -0.15) is 0 Å². The van der Waals surface area contributed by atoms with Gasteiger partial charge in [0.05, 0.1) is 0 Å². The van der Waals surface area contributed by atoms with Gasteiger partial charge in [0, 0.05) is 6.54 Å². The molecule has 0 radical (unpaired) electrons. The fourth-order valence-corrected chi connectivity index (χ4v) is 1.53. The van der Waals surface area contributed by atoms with Gasteiger partial charge in [0.1, 0.15) is 18.1 Å². The van der Waals surface area contributed by atoms with Gasteiger partial charge in [0.15, 0.2) is 0 Å². The van der Waals surface area contributed by atoms with E-state index >= 15 is 0 Å². The lowest BCUT2D eigenvalue weighted by Gasteiger charge is -2.11. The number of benzene rings is 1. The summed E-state index contributed by atoms with van der Waals surface area (Å²) >= 11 is 0. The number of ether oxygens (including phenoxy) is 1. The summed E-state index contributed by atoms with van der Waals surface area (Å²) in [4.78, 5) is 0. The van der Waals surface area contributed by atoms with Crippen LogP contribution in [0.4, 0.5) is 0 Å². The number of likely N-dealkylation sites (N-methyl/N-ethyl adjacent to an activating group) is 1. The Hall–Kier alpha value is -1.22. The normalized spacial score (nSPS) is 10.8. The van der Waals surface area contributed by atoms with Gasteiger partial charge in [0.25, 0.3) is 0 Å². The van der Waals surface area contributed by atoms with Crippen LogP contribution in [0.3, 0.4) is 0 Å². The molecular weight excluding hydrogens is 202 g/mol. The van der Waals surface area contributed by atoms with Crippen molar-refractivity contribution in [2.45, 2.75) is 20.3 Å². The number of phenolic OH excluding ortho intramolecular Hbond substituents is 1. The smallest absolute Gasteiger partial charge is 0.119 e. The Labute approximate surface area is 97.4 Å². The molecule has 2 N–H and O–H groups in total. The SMILES string of the molecule is CNCCOc1ccc(O)c(CC(C)C)c1. The monoisotopic (exact) mass is 223 g/mol. The van der Waals surface area contributed by atoms with E-state index in [1.807, 2.05) is 13.1 Å². The summed E-state index contributed by atoms with van der Waals surface area (Å²) in [7, 11) is 1.89. The van der Waals surface area contributed by atoms with Crippen molar-refractivity contribution in [2.24, 2.45) is 5.92 Å². The van der Waals surface area contributed by atoms with Gasteiger partial charge in [-0.3, -0.25) is 0 Å². The molecule has 0 unspecified atom stereocenters. The lowest BCUT2D eigenvalue weighted by atomic mass is 10.0. The second-order valence-corrected chi connectivity index (χ2v) is 4.34. The summed E-state index contributed by atoms with van der Waals surface area (Å²) in [6.07, 6.45) is 0.870. The minimum atomic E-state index is 0.356. The van der Waals surface area contributed by atoms with E-state index in [1.54, 1.807) is 12.1 Å². The van der Waals surface area contributed by atoms with E-state index < -0.39 is 0 Å². The van der Waals surface area contributed by atoms with Gasteiger partial charge in [-0.1, -0.05) is 13.8 Å². The zero-order chi connectivity index (χ0) is 12.0. The van der Waals surface area contributed by atoms with E-state index in [2.05, 4.69) is 19.2 Å². The first-order valence-electron chi connectivity index (χ1n) is 5.72. The molecule has 3 nitrogen and oxygen atoms in total. The molecule has 1 aromatic carbocycles. The summed E-state index contributed by atoms with van der Waals surface area (Å²) in [5.74, 6) is 1.71. The average molecular weight is 223 g/mol. The van der Waals surface area contributed by atoms with Gasteiger partial charge in [-0.25, -0.2) is 0 Å².